The van der Waals surface area contributed by atoms with Crippen LogP contribution in [0.2, 0.25) is 0 Å². The van der Waals surface area contributed by atoms with E-state index in [0.717, 1.165) is 24.0 Å². The number of rotatable bonds is 7. The molecule has 1 amide bonds. The van der Waals surface area contributed by atoms with Crippen molar-refractivity contribution in [3.63, 3.8) is 0 Å². The Balaban J connectivity index is 1.55. The standard InChI is InChI=1S/C30H27F2N5O/c1-18-11-21(5-8-27(18)32)28(20-3-4-20)35-29(38)23-13-19(17-37-10-9-36(2)30(37)34)12-22(14-23)26-7-6-25(31)15-24(26)16-33/h5-15,20,28,34H,3-4,17H2,1-2H3,(H,35,38)/t28-/m0/s1. The smallest absolute Gasteiger partial charge is 0.251 e. The Morgan fingerprint density at radius 1 is 1.13 bits per heavy atom. The van der Waals surface area contributed by atoms with Crippen molar-refractivity contribution >= 4 is 5.91 Å². The average molecular weight is 512 g/mol. The predicted molar refractivity (Wildman–Crippen MR) is 139 cm³/mol. The van der Waals surface area contributed by atoms with E-state index >= 15 is 0 Å². The van der Waals surface area contributed by atoms with Gasteiger partial charge in [-0.2, -0.15) is 5.26 Å². The van der Waals surface area contributed by atoms with Crippen LogP contribution in [0.1, 0.15) is 51.5 Å². The molecule has 1 aromatic heterocycles. The maximum Gasteiger partial charge on any atom is 0.251 e. The van der Waals surface area contributed by atoms with Crippen LogP contribution in [-0.4, -0.2) is 15.0 Å². The molecule has 1 fully saturated rings. The first-order valence-corrected chi connectivity index (χ1v) is 12.4. The lowest BCUT2D eigenvalue weighted by Crippen LogP contribution is -2.30. The van der Waals surface area contributed by atoms with Gasteiger partial charge in [0.25, 0.3) is 5.91 Å². The Hall–Kier alpha value is -4.51. The lowest BCUT2D eigenvalue weighted by Gasteiger charge is -2.20. The monoisotopic (exact) mass is 511 g/mol. The zero-order chi connectivity index (χ0) is 27.0. The third kappa shape index (κ3) is 5.14. The summed E-state index contributed by atoms with van der Waals surface area (Å²) < 4.78 is 31.2. The molecule has 5 rings (SSSR count). The van der Waals surface area contributed by atoms with Crippen molar-refractivity contribution in [3.8, 4) is 17.2 Å². The fraction of sp³-hybridized carbons (Fsp3) is 0.233. The molecule has 1 atom stereocenters. The van der Waals surface area contributed by atoms with Gasteiger partial charge in [-0.1, -0.05) is 18.2 Å². The number of nitrogens with one attached hydrogen (secondary N) is 2. The molecule has 0 aliphatic heterocycles. The van der Waals surface area contributed by atoms with Gasteiger partial charge >= 0.3 is 0 Å². The van der Waals surface area contributed by atoms with Gasteiger partial charge in [-0.15, -0.1) is 0 Å². The summed E-state index contributed by atoms with van der Waals surface area (Å²) in [5.74, 6) is -0.817. The SMILES string of the molecule is Cc1cc([C@@H](NC(=O)c2cc(Cn3ccn(C)c3=N)cc(-c3ccc(F)cc3C#N)c2)C2CC2)ccc1F. The van der Waals surface area contributed by atoms with Crippen molar-refractivity contribution in [2.75, 3.05) is 0 Å². The molecule has 0 unspecified atom stereocenters. The number of carbonyl (C=O) groups is 1. The molecule has 0 spiro atoms. The fourth-order valence-electron chi connectivity index (χ4n) is 4.77. The largest absolute Gasteiger partial charge is 0.345 e. The van der Waals surface area contributed by atoms with E-state index in [9.17, 15) is 18.8 Å². The zero-order valence-corrected chi connectivity index (χ0v) is 21.1. The molecule has 0 saturated heterocycles. The highest BCUT2D eigenvalue weighted by atomic mass is 19.1. The normalized spacial score (nSPS) is 13.7. The van der Waals surface area contributed by atoms with E-state index in [0.29, 0.717) is 34.4 Å². The van der Waals surface area contributed by atoms with Crippen molar-refractivity contribution in [2.45, 2.75) is 32.4 Å². The lowest BCUT2D eigenvalue weighted by molar-refractivity contribution is 0.0931. The molecule has 0 bridgehead atoms. The average Bonchev–Trinajstić information content (AvgIpc) is 3.70. The van der Waals surface area contributed by atoms with Gasteiger partial charge in [-0.3, -0.25) is 10.2 Å². The van der Waals surface area contributed by atoms with Gasteiger partial charge in [-0.25, -0.2) is 8.78 Å². The van der Waals surface area contributed by atoms with Crippen molar-refractivity contribution in [3.05, 3.63) is 112 Å². The number of aromatic nitrogens is 2. The molecule has 38 heavy (non-hydrogen) atoms. The van der Waals surface area contributed by atoms with Gasteiger partial charge in [0.15, 0.2) is 0 Å². The molecule has 8 heteroatoms. The predicted octanol–water partition coefficient (Wildman–Crippen LogP) is 5.36. The first kappa shape index (κ1) is 25.2. The molecule has 3 aromatic carbocycles. The van der Waals surface area contributed by atoms with Crippen LogP contribution in [0.15, 0.2) is 67.0 Å². The number of benzene rings is 3. The molecule has 192 valence electrons. The topological polar surface area (TPSA) is 86.6 Å². The van der Waals surface area contributed by atoms with E-state index in [-0.39, 0.29) is 29.2 Å². The van der Waals surface area contributed by atoms with Gasteiger partial charge < -0.3 is 14.5 Å². The van der Waals surface area contributed by atoms with E-state index in [4.69, 9.17) is 5.41 Å². The number of nitrogens with zero attached hydrogens (tertiary/aromatic N) is 3. The number of carbonyl (C=O) groups excluding carboxylic acids is 1. The zero-order valence-electron chi connectivity index (χ0n) is 21.1. The third-order valence-electron chi connectivity index (χ3n) is 7.02. The summed E-state index contributed by atoms with van der Waals surface area (Å²) in [6.07, 6.45) is 5.52. The fourth-order valence-corrected chi connectivity index (χ4v) is 4.77. The summed E-state index contributed by atoms with van der Waals surface area (Å²) in [5, 5.41) is 21.1. The lowest BCUT2D eigenvalue weighted by atomic mass is 9.95. The Bertz CT molecular complexity index is 1640. The Morgan fingerprint density at radius 3 is 2.58 bits per heavy atom. The van der Waals surface area contributed by atoms with Crippen LogP contribution in [0.5, 0.6) is 0 Å². The summed E-state index contributed by atoms with van der Waals surface area (Å²) in [6, 6.07) is 16.0. The number of hydrogen-bond acceptors (Lipinski definition) is 3. The Kier molecular flexibility index (Phi) is 6.68. The summed E-state index contributed by atoms with van der Waals surface area (Å²) in [7, 11) is 1.78. The van der Waals surface area contributed by atoms with Crippen molar-refractivity contribution in [1.82, 2.24) is 14.5 Å². The van der Waals surface area contributed by atoms with E-state index in [1.165, 1.54) is 24.3 Å². The van der Waals surface area contributed by atoms with E-state index in [1.54, 1.807) is 59.8 Å². The number of nitriles is 1. The van der Waals surface area contributed by atoms with E-state index < -0.39 is 5.82 Å². The second-order valence-electron chi connectivity index (χ2n) is 9.88. The number of aryl methyl sites for hydroxylation is 2. The van der Waals surface area contributed by atoms with Gasteiger partial charge in [0, 0.05) is 25.0 Å². The van der Waals surface area contributed by atoms with Crippen molar-refractivity contribution in [1.29, 1.82) is 10.7 Å². The maximum absolute atomic E-state index is 13.9. The highest BCUT2D eigenvalue weighted by molar-refractivity contribution is 5.96. The molecular formula is C30H27F2N5O. The quantitative estimate of drug-likeness (QED) is 0.350. The molecule has 1 aliphatic carbocycles. The molecule has 1 saturated carbocycles. The minimum absolute atomic E-state index is 0.166. The Morgan fingerprint density at radius 2 is 1.92 bits per heavy atom. The summed E-state index contributed by atoms with van der Waals surface area (Å²) >= 11 is 0. The van der Waals surface area contributed by atoms with Crippen LogP contribution in [-0.2, 0) is 13.6 Å². The minimum atomic E-state index is -0.514. The first-order chi connectivity index (χ1) is 18.2. The van der Waals surface area contributed by atoms with Crippen LogP contribution in [0, 0.1) is 41.2 Å². The van der Waals surface area contributed by atoms with Gasteiger partial charge in [0.05, 0.1) is 24.2 Å². The van der Waals surface area contributed by atoms with Gasteiger partial charge in [-0.05, 0) is 89.9 Å². The highest BCUT2D eigenvalue weighted by Gasteiger charge is 2.34. The number of hydrogen-bond donors (Lipinski definition) is 2. The van der Waals surface area contributed by atoms with Crippen molar-refractivity contribution in [2.24, 2.45) is 13.0 Å². The van der Waals surface area contributed by atoms with Crippen LogP contribution >= 0.6 is 0 Å². The molecular weight excluding hydrogens is 484 g/mol. The minimum Gasteiger partial charge on any atom is -0.345 e. The van der Waals surface area contributed by atoms with Crippen molar-refractivity contribution < 1.29 is 13.6 Å². The summed E-state index contributed by atoms with van der Waals surface area (Å²) in [4.78, 5) is 13.6. The molecule has 4 aromatic rings. The molecule has 6 nitrogen and oxygen atoms in total. The number of imidazole rings is 1. The van der Waals surface area contributed by atoms with Crippen LogP contribution in [0.3, 0.4) is 0 Å². The van der Waals surface area contributed by atoms with E-state index in [2.05, 4.69) is 5.32 Å². The molecule has 1 heterocycles. The maximum atomic E-state index is 13.9. The molecule has 2 N–H and O–H groups in total. The second-order valence-corrected chi connectivity index (χ2v) is 9.88. The molecule has 0 radical (unpaired) electrons. The van der Waals surface area contributed by atoms with Crippen LogP contribution < -0.4 is 10.9 Å². The van der Waals surface area contributed by atoms with Crippen LogP contribution in [0.4, 0.5) is 8.78 Å². The van der Waals surface area contributed by atoms with E-state index in [1.807, 2.05) is 12.1 Å². The Labute approximate surface area is 219 Å². The summed E-state index contributed by atoms with van der Waals surface area (Å²) in [6.45, 7) is 2.04. The third-order valence-corrected chi connectivity index (χ3v) is 7.02. The summed E-state index contributed by atoms with van der Waals surface area (Å²) in [5.41, 5.74) is 4.11. The second kappa shape index (κ2) is 10.1. The highest BCUT2D eigenvalue weighted by Crippen LogP contribution is 2.41. The van der Waals surface area contributed by atoms with Gasteiger partial charge in [0.2, 0.25) is 5.62 Å². The van der Waals surface area contributed by atoms with Crippen LogP contribution in [0.25, 0.3) is 11.1 Å². The molecule has 1 aliphatic rings. The number of halogens is 2. The number of amides is 1. The first-order valence-electron chi connectivity index (χ1n) is 12.4. The van der Waals surface area contributed by atoms with Gasteiger partial charge in [0.1, 0.15) is 11.6 Å².